The molecule has 0 unspecified atom stereocenters. The molecule has 2 heterocycles. The summed E-state index contributed by atoms with van der Waals surface area (Å²) in [7, 11) is 2.74. The molecule has 0 atom stereocenters. The van der Waals surface area contributed by atoms with Crippen LogP contribution >= 0.6 is 0 Å². The van der Waals surface area contributed by atoms with Gasteiger partial charge in [0, 0.05) is 41.5 Å². The van der Waals surface area contributed by atoms with Crippen molar-refractivity contribution >= 4 is 50.4 Å². The van der Waals surface area contributed by atoms with E-state index in [2.05, 4.69) is 47.2 Å². The first kappa shape index (κ1) is 34.3. The van der Waals surface area contributed by atoms with Crippen LogP contribution in [0.4, 0.5) is 0 Å². The van der Waals surface area contributed by atoms with E-state index in [1.54, 1.807) is 18.2 Å². The zero-order chi connectivity index (χ0) is 36.5. The highest BCUT2D eigenvalue weighted by atomic mass is 16.5. The number of methoxy groups -OCH3 is 2. The molecule has 1 aliphatic rings. The van der Waals surface area contributed by atoms with Crippen LogP contribution in [0.25, 0.3) is 32.7 Å². The third-order valence-electron chi connectivity index (χ3n) is 10.2. The van der Waals surface area contributed by atoms with Crippen molar-refractivity contribution < 1.29 is 29.0 Å². The van der Waals surface area contributed by atoms with E-state index in [1.165, 1.54) is 36.5 Å². The van der Waals surface area contributed by atoms with Crippen molar-refractivity contribution in [3.05, 3.63) is 148 Å². The number of fused-ring (bicyclic) bond motifs is 6. The van der Waals surface area contributed by atoms with Gasteiger partial charge >= 0.3 is 11.9 Å². The lowest BCUT2D eigenvalue weighted by Gasteiger charge is -2.16. The smallest absolute Gasteiger partial charge is 0.338 e. The van der Waals surface area contributed by atoms with Crippen LogP contribution in [-0.4, -0.2) is 46.2 Å². The molecule has 5 aromatic carbocycles. The number of hydrogen-bond acceptors (Lipinski definition) is 6. The molecule has 2 aromatic heterocycles. The normalized spacial score (nSPS) is 12.4. The van der Waals surface area contributed by atoms with Crippen LogP contribution in [0.1, 0.15) is 71.9 Å². The Labute approximate surface area is 301 Å². The number of nitrogens with zero attached hydrogens (tertiary/aromatic N) is 2. The molecule has 0 bridgehead atoms. The lowest BCUT2D eigenvalue weighted by Crippen LogP contribution is -2.14. The second kappa shape index (κ2) is 14.2. The van der Waals surface area contributed by atoms with Gasteiger partial charge in [-0.2, -0.15) is 0 Å². The maximum atomic E-state index is 12.7. The predicted molar refractivity (Wildman–Crippen MR) is 204 cm³/mol. The van der Waals surface area contributed by atoms with E-state index in [9.17, 15) is 19.5 Å². The Balaban J connectivity index is 0.000000162. The average molecular weight is 693 g/mol. The first-order valence-corrected chi connectivity index (χ1v) is 17.4. The van der Waals surface area contributed by atoms with Crippen LogP contribution in [0.2, 0.25) is 0 Å². The lowest BCUT2D eigenvalue weighted by molar-refractivity contribution is 0.0594. The Morgan fingerprint density at radius 1 is 0.615 bits per heavy atom. The van der Waals surface area contributed by atoms with E-state index in [0.29, 0.717) is 41.6 Å². The minimum Gasteiger partial charge on any atom is -0.507 e. The number of aryl methyl sites for hydroxylation is 2. The Morgan fingerprint density at radius 3 is 1.69 bits per heavy atom. The molecule has 0 aliphatic heterocycles. The number of ether oxygens (including phenoxy) is 2. The fourth-order valence-corrected chi connectivity index (χ4v) is 7.55. The molecule has 7 aromatic rings. The summed E-state index contributed by atoms with van der Waals surface area (Å²) >= 11 is 0. The number of hydrogen-bond donors (Lipinski definition) is 1. The van der Waals surface area contributed by atoms with Gasteiger partial charge in [-0.1, -0.05) is 66.7 Å². The van der Waals surface area contributed by atoms with Gasteiger partial charge in [-0.25, -0.2) is 9.59 Å². The molecule has 8 heteroatoms. The van der Waals surface area contributed by atoms with Gasteiger partial charge in [0.05, 0.1) is 47.3 Å². The molecule has 0 amide bonds. The fourth-order valence-electron chi connectivity index (χ4n) is 7.55. The Bertz CT molecular complexity index is 2520. The van der Waals surface area contributed by atoms with Crippen molar-refractivity contribution in [3.63, 3.8) is 0 Å². The Morgan fingerprint density at radius 2 is 1.12 bits per heavy atom. The number of carbonyl (C=O) groups is 3. The van der Waals surface area contributed by atoms with Gasteiger partial charge < -0.3 is 23.7 Å². The van der Waals surface area contributed by atoms with E-state index in [4.69, 9.17) is 9.47 Å². The monoisotopic (exact) mass is 692 g/mol. The Hall–Kier alpha value is -6.15. The third kappa shape index (κ3) is 6.00. The zero-order valence-electron chi connectivity index (χ0n) is 29.7. The number of phenols is 1. The molecule has 8 rings (SSSR count). The highest BCUT2D eigenvalue weighted by molar-refractivity contribution is 6.19. The molecule has 52 heavy (non-hydrogen) atoms. The number of esters is 2. The van der Waals surface area contributed by atoms with Gasteiger partial charge in [0.15, 0.2) is 5.78 Å². The second-order valence-electron chi connectivity index (χ2n) is 13.2. The first-order chi connectivity index (χ1) is 25.2. The van der Waals surface area contributed by atoms with Crippen molar-refractivity contribution in [2.45, 2.75) is 46.2 Å². The average Bonchev–Trinajstić information content (AvgIpc) is 3.66. The summed E-state index contributed by atoms with van der Waals surface area (Å²) in [4.78, 5) is 37.3. The highest BCUT2D eigenvalue weighted by Gasteiger charge is 2.29. The van der Waals surface area contributed by atoms with Gasteiger partial charge in [0.25, 0.3) is 0 Å². The van der Waals surface area contributed by atoms with Gasteiger partial charge in [-0.05, 0) is 85.3 Å². The maximum absolute atomic E-state index is 12.7. The molecular weight excluding hydrogens is 652 g/mol. The van der Waals surface area contributed by atoms with Crippen molar-refractivity contribution in [1.82, 2.24) is 9.13 Å². The van der Waals surface area contributed by atoms with Crippen molar-refractivity contribution in [1.29, 1.82) is 0 Å². The van der Waals surface area contributed by atoms with E-state index >= 15 is 0 Å². The molecule has 0 saturated heterocycles. The molecular formula is C44H40N2O6. The van der Waals surface area contributed by atoms with Crippen molar-refractivity contribution in [3.8, 4) is 5.75 Å². The standard InChI is InChI=1S/C22H21NO3.C22H19NO3/c2*1-14-7-3-4-8-15(14)13-23-17-10-5-9-16(22(25)26-2)20(17)21-18(23)11-6-12-19(21)24/h3-5,7-10H,6,11-13H2,1-2H3;3-12,24H,13H2,1-2H3. The highest BCUT2D eigenvalue weighted by Crippen LogP contribution is 2.38. The summed E-state index contributed by atoms with van der Waals surface area (Å²) in [5.74, 6) is -0.526. The van der Waals surface area contributed by atoms with E-state index in [-0.39, 0.29) is 11.5 Å². The fraction of sp³-hybridized carbons (Fsp3) is 0.205. The molecule has 0 radical (unpaired) electrons. The molecule has 8 nitrogen and oxygen atoms in total. The quantitative estimate of drug-likeness (QED) is 0.175. The lowest BCUT2D eigenvalue weighted by atomic mass is 9.92. The maximum Gasteiger partial charge on any atom is 0.338 e. The summed E-state index contributed by atoms with van der Waals surface area (Å²) < 4.78 is 14.3. The molecule has 0 fully saturated rings. The summed E-state index contributed by atoms with van der Waals surface area (Å²) in [6, 6.07) is 33.1. The first-order valence-electron chi connectivity index (χ1n) is 17.4. The molecule has 262 valence electrons. The SMILES string of the molecule is COC(=O)c1cccc2c1c1c(O)cccc1n2Cc1ccccc1C.COC(=O)c1cccc2c1c1c(n2Cc2ccccc2C)CCCC1=O. The number of rotatable bonds is 6. The topological polar surface area (TPSA) is 99.8 Å². The minimum absolute atomic E-state index is 0.121. The van der Waals surface area contributed by atoms with Crippen LogP contribution in [0, 0.1) is 13.8 Å². The van der Waals surface area contributed by atoms with E-state index < -0.39 is 11.9 Å². The van der Waals surface area contributed by atoms with Crippen LogP contribution < -0.4 is 0 Å². The van der Waals surface area contributed by atoms with Crippen LogP contribution in [0.5, 0.6) is 5.75 Å². The van der Waals surface area contributed by atoms with E-state index in [0.717, 1.165) is 45.9 Å². The van der Waals surface area contributed by atoms with Gasteiger partial charge in [0.1, 0.15) is 5.75 Å². The van der Waals surface area contributed by atoms with Crippen molar-refractivity contribution in [2.24, 2.45) is 0 Å². The van der Waals surface area contributed by atoms with E-state index in [1.807, 2.05) is 60.7 Å². The number of phenolic OH excluding ortho intramolecular Hbond substituents is 1. The number of aromatic hydroxyl groups is 1. The molecule has 1 N–H and O–H groups in total. The number of aromatic nitrogens is 2. The van der Waals surface area contributed by atoms with Crippen molar-refractivity contribution in [2.75, 3.05) is 14.2 Å². The Kier molecular flexibility index (Phi) is 9.39. The zero-order valence-corrected chi connectivity index (χ0v) is 29.7. The molecule has 0 spiro atoms. The number of carbonyl (C=O) groups excluding carboxylic acids is 3. The molecule has 0 saturated carbocycles. The van der Waals surface area contributed by atoms with Gasteiger partial charge in [-0.15, -0.1) is 0 Å². The summed E-state index contributed by atoms with van der Waals surface area (Å²) in [5, 5.41) is 12.7. The second-order valence-corrected chi connectivity index (χ2v) is 13.2. The van der Waals surface area contributed by atoms with Crippen LogP contribution in [0.15, 0.2) is 103 Å². The number of benzene rings is 5. The van der Waals surface area contributed by atoms with Gasteiger partial charge in [-0.3, -0.25) is 4.79 Å². The summed E-state index contributed by atoms with van der Waals surface area (Å²) in [6.07, 6.45) is 2.23. The number of ketones is 1. The summed E-state index contributed by atoms with van der Waals surface area (Å²) in [6.45, 7) is 5.52. The van der Waals surface area contributed by atoms with Crippen LogP contribution in [0.3, 0.4) is 0 Å². The van der Waals surface area contributed by atoms with Gasteiger partial charge in [0.2, 0.25) is 0 Å². The summed E-state index contributed by atoms with van der Waals surface area (Å²) in [5.41, 5.74) is 10.2. The van der Waals surface area contributed by atoms with Crippen LogP contribution in [-0.2, 0) is 29.0 Å². The predicted octanol–water partition coefficient (Wildman–Crippen LogP) is 8.95. The largest absolute Gasteiger partial charge is 0.507 e. The third-order valence-corrected chi connectivity index (χ3v) is 10.2. The minimum atomic E-state index is -0.409. The number of Topliss-reactive ketones (excluding diaryl/α,β-unsaturated/α-hetero) is 1. The molecule has 1 aliphatic carbocycles.